The topological polar surface area (TPSA) is 294 Å². The second-order valence-corrected chi connectivity index (χ2v) is 20.2. The third-order valence-corrected chi connectivity index (χ3v) is 15.2. The Bertz CT molecular complexity index is 2730. The molecule has 3 aliphatic carbocycles. The summed E-state index contributed by atoms with van der Waals surface area (Å²) >= 11 is 0. The molecule has 2 unspecified atom stereocenters. The van der Waals surface area contributed by atoms with Crippen LogP contribution in [0.4, 0.5) is 0 Å². The average Bonchev–Trinajstić information content (AvgIpc) is 3.37. The van der Waals surface area contributed by atoms with Gasteiger partial charge in [0.05, 0.1) is 36.0 Å². The zero-order valence-electron chi connectivity index (χ0n) is 42.4. The van der Waals surface area contributed by atoms with Crippen LogP contribution in [0.25, 0.3) is 0 Å². The first-order chi connectivity index (χ1) is 35.5. The molecule has 7 rings (SSSR count). The highest BCUT2D eigenvalue weighted by molar-refractivity contribution is 5.97. The summed E-state index contributed by atoms with van der Waals surface area (Å²) in [5.74, 6) is -10.1. The van der Waals surface area contributed by atoms with Gasteiger partial charge >= 0.3 is 35.8 Å². The van der Waals surface area contributed by atoms with Crippen molar-refractivity contribution >= 4 is 53.4 Å². The predicted octanol–water partition coefficient (Wildman–Crippen LogP) is 4.05. The highest BCUT2D eigenvalue weighted by Gasteiger charge is 2.79. The lowest BCUT2D eigenvalue weighted by atomic mass is 9.44. The quantitative estimate of drug-likeness (QED) is 0.0520. The van der Waals surface area contributed by atoms with Crippen molar-refractivity contribution < 1.29 is 86.9 Å². The number of hydrogen-bond donors (Lipinski definition) is 5. The molecule has 0 spiro atoms. The van der Waals surface area contributed by atoms with E-state index in [-0.39, 0.29) is 48.1 Å². The van der Waals surface area contributed by atoms with Crippen molar-refractivity contribution in [2.24, 2.45) is 16.7 Å². The van der Waals surface area contributed by atoms with Gasteiger partial charge in [-0.15, -0.1) is 0 Å². The first-order valence-corrected chi connectivity index (χ1v) is 24.7. The van der Waals surface area contributed by atoms with Gasteiger partial charge in [0.25, 0.3) is 5.91 Å². The number of fused-ring (bicyclic) bond motifs is 5. The Hall–Kier alpha value is -7.29. The fourth-order valence-electron chi connectivity index (χ4n) is 11.3. The molecule has 75 heavy (non-hydrogen) atoms. The molecule has 3 aromatic rings. The third-order valence-electron chi connectivity index (χ3n) is 15.2. The Kier molecular flexibility index (Phi) is 16.5. The van der Waals surface area contributed by atoms with Crippen molar-refractivity contribution in [3.8, 4) is 0 Å². The lowest BCUT2D eigenvalue weighted by Crippen LogP contribution is -2.82. The molecule has 0 aromatic heterocycles. The largest absolute Gasteiger partial charge is 0.481 e. The van der Waals surface area contributed by atoms with E-state index in [9.17, 15) is 48.6 Å². The standard InChI is InChI=1S/C55H62N2O18/c1-30-36(72-51(68)44(64)43(33-17-10-7-11-18-33)57-49(66)34-19-12-8-13-20-34)28-55(69)48(74-50(67)35-21-14-9-15-22-35)46-53(6,47(65)45(71-31(2)58)42(30)52(55,4)5)37(27-38-54(46,29-70-38)75-32(3)59)73-41(63)25-24-39(60)56-26-16-23-40(61)62/h7-15,17-22,36-38,43-46,48,64,69H,16,23-29H2,1-6H3,(H,56,60)(H,57,66)(H,61,62)/t36-,37-,38+,43-,44+,45+,46?,48?,53+,54-,55+/m0/s1. The van der Waals surface area contributed by atoms with Crippen LogP contribution in [0.1, 0.15) is 112 Å². The number of aliphatic hydroxyl groups excluding tert-OH is 1. The van der Waals surface area contributed by atoms with Crippen LogP contribution in [0.2, 0.25) is 0 Å². The Labute approximate surface area is 432 Å². The fourth-order valence-corrected chi connectivity index (χ4v) is 11.3. The molecule has 1 heterocycles. The first-order valence-electron chi connectivity index (χ1n) is 24.7. The number of carboxylic acid groups (broad SMARTS) is 1. The summed E-state index contributed by atoms with van der Waals surface area (Å²) in [4.78, 5) is 123. The number of benzene rings is 3. The van der Waals surface area contributed by atoms with Crippen molar-refractivity contribution in [1.29, 1.82) is 0 Å². The van der Waals surface area contributed by atoms with Gasteiger partial charge in [-0.25, -0.2) is 9.59 Å². The molecule has 11 atom stereocenters. The van der Waals surface area contributed by atoms with Crippen LogP contribution in [0, 0.1) is 16.7 Å². The van der Waals surface area contributed by atoms with Gasteiger partial charge in [-0.3, -0.25) is 33.6 Å². The van der Waals surface area contributed by atoms with Crippen molar-refractivity contribution in [2.45, 2.75) is 134 Å². The maximum absolute atomic E-state index is 16.2. The molecule has 2 bridgehead atoms. The second-order valence-electron chi connectivity index (χ2n) is 20.2. The lowest BCUT2D eigenvalue weighted by Gasteiger charge is -2.67. The van der Waals surface area contributed by atoms with Gasteiger partial charge in [0, 0.05) is 57.1 Å². The Morgan fingerprint density at radius 1 is 0.787 bits per heavy atom. The molecular formula is C55H62N2O18. The molecule has 1 saturated heterocycles. The van der Waals surface area contributed by atoms with Gasteiger partial charge in [0.15, 0.2) is 23.6 Å². The van der Waals surface area contributed by atoms with Crippen molar-refractivity contribution in [3.05, 3.63) is 119 Å². The van der Waals surface area contributed by atoms with Gasteiger partial charge in [-0.05, 0) is 61.2 Å². The summed E-state index contributed by atoms with van der Waals surface area (Å²) in [6.45, 7) is 7.60. The monoisotopic (exact) mass is 1040 g/mol. The van der Waals surface area contributed by atoms with Gasteiger partial charge in [0.1, 0.15) is 30.0 Å². The van der Waals surface area contributed by atoms with Crippen molar-refractivity contribution in [1.82, 2.24) is 10.6 Å². The van der Waals surface area contributed by atoms with Crippen LogP contribution < -0.4 is 10.6 Å². The summed E-state index contributed by atoms with van der Waals surface area (Å²) in [5, 5.41) is 40.2. The molecule has 20 heteroatoms. The van der Waals surface area contributed by atoms with Gasteiger partial charge < -0.3 is 54.4 Å². The summed E-state index contributed by atoms with van der Waals surface area (Å²) in [7, 11) is 0. The molecule has 5 N–H and O–H groups in total. The number of hydrogen-bond acceptors (Lipinski definition) is 17. The molecular weight excluding hydrogens is 977 g/mol. The van der Waals surface area contributed by atoms with E-state index in [1.54, 1.807) is 78.9 Å². The number of aliphatic hydroxyl groups is 2. The van der Waals surface area contributed by atoms with E-state index in [0.29, 0.717) is 5.56 Å². The number of ketones is 1. The third kappa shape index (κ3) is 11.0. The molecule has 3 fully saturated rings. The maximum Gasteiger partial charge on any atom is 0.338 e. The van der Waals surface area contributed by atoms with Crippen molar-refractivity contribution in [2.75, 3.05) is 13.2 Å². The Balaban J connectivity index is 1.36. The summed E-state index contributed by atoms with van der Waals surface area (Å²) in [6.07, 6.45) is -12.4. The van der Waals surface area contributed by atoms with E-state index < -0.39 is 150 Å². The maximum atomic E-state index is 16.2. The minimum absolute atomic E-state index is 0.00638. The summed E-state index contributed by atoms with van der Waals surface area (Å²) < 4.78 is 37.0. The average molecular weight is 1040 g/mol. The first kappa shape index (κ1) is 55.5. The fraction of sp³-hybridized carbons (Fsp3) is 0.473. The highest BCUT2D eigenvalue weighted by Crippen LogP contribution is 2.65. The number of esters is 5. The van der Waals surface area contributed by atoms with Gasteiger partial charge in [-0.2, -0.15) is 0 Å². The van der Waals surface area contributed by atoms with Crippen LogP contribution in [0.5, 0.6) is 0 Å². The molecule has 2 saturated carbocycles. The molecule has 20 nitrogen and oxygen atoms in total. The van der Waals surface area contributed by atoms with Crippen LogP contribution in [-0.2, 0) is 62.0 Å². The number of aliphatic carboxylic acids is 1. The van der Waals surface area contributed by atoms with E-state index in [4.69, 9.17) is 33.5 Å². The number of carbonyl (C=O) groups excluding carboxylic acids is 8. The van der Waals surface area contributed by atoms with E-state index in [2.05, 4.69) is 10.6 Å². The van der Waals surface area contributed by atoms with E-state index in [1.165, 1.54) is 39.8 Å². The van der Waals surface area contributed by atoms with E-state index >= 15 is 4.79 Å². The van der Waals surface area contributed by atoms with Crippen molar-refractivity contribution in [3.63, 3.8) is 0 Å². The molecule has 3 aromatic carbocycles. The second kappa shape index (κ2) is 22.3. The van der Waals surface area contributed by atoms with Gasteiger partial charge in [0.2, 0.25) is 5.91 Å². The van der Waals surface area contributed by atoms with Crippen LogP contribution in [-0.4, -0.2) is 130 Å². The number of ether oxygens (including phenoxy) is 6. The van der Waals surface area contributed by atoms with Crippen LogP contribution in [0.15, 0.2) is 102 Å². The molecule has 0 radical (unpaired) electrons. The number of nitrogens with one attached hydrogen (secondary N) is 2. The van der Waals surface area contributed by atoms with Crippen LogP contribution in [0.3, 0.4) is 0 Å². The minimum atomic E-state index is -2.54. The SMILES string of the molecule is CC(=O)O[C@H]1C(=O)[C@@]2(C)C(C(OC(=O)c3ccccc3)[C@]3(O)C[C@H](OC(=O)[C@H](O)[C@@H](NC(=O)c4ccccc4)c4ccccc4)C(C)=C1C3(C)C)[C@]1(OC(C)=O)CO[C@@H]1C[C@@H]2OC(=O)CCC(=O)NCCCC(=O)O. The lowest BCUT2D eigenvalue weighted by molar-refractivity contribution is -0.346. The number of carboxylic acids is 1. The molecule has 400 valence electrons. The summed E-state index contributed by atoms with van der Waals surface area (Å²) in [6, 6.07) is 22.4. The number of carbonyl (C=O) groups is 9. The zero-order chi connectivity index (χ0) is 54.6. The number of amides is 2. The summed E-state index contributed by atoms with van der Waals surface area (Å²) in [5.41, 5.74) is -7.98. The normalized spacial score (nSPS) is 28.1. The molecule has 4 aliphatic rings. The van der Waals surface area contributed by atoms with E-state index in [1.807, 2.05) is 0 Å². The number of rotatable bonds is 18. The zero-order valence-corrected chi connectivity index (χ0v) is 42.4. The van der Waals surface area contributed by atoms with E-state index in [0.717, 1.165) is 13.8 Å². The molecule has 1 aliphatic heterocycles. The number of Topliss-reactive ketones (excluding diaryl/α,β-unsaturated/α-hetero) is 1. The van der Waals surface area contributed by atoms with Crippen LogP contribution >= 0.6 is 0 Å². The molecule has 2 amide bonds. The van der Waals surface area contributed by atoms with Gasteiger partial charge in [-0.1, -0.05) is 80.6 Å². The highest BCUT2D eigenvalue weighted by atomic mass is 16.6. The predicted molar refractivity (Wildman–Crippen MR) is 261 cm³/mol. The smallest absolute Gasteiger partial charge is 0.338 e. The Morgan fingerprint density at radius 2 is 1.40 bits per heavy atom. The minimum Gasteiger partial charge on any atom is -0.481 e. The Morgan fingerprint density at radius 3 is 1.97 bits per heavy atom.